The van der Waals surface area contributed by atoms with Crippen LogP contribution in [-0.4, -0.2) is 41.8 Å². The molecule has 0 aromatic heterocycles. The van der Waals surface area contributed by atoms with E-state index >= 15 is 0 Å². The molecule has 2 aromatic carbocycles. The highest BCUT2D eigenvalue weighted by molar-refractivity contribution is 5.74. The summed E-state index contributed by atoms with van der Waals surface area (Å²) in [6.45, 7) is 3.20. The van der Waals surface area contributed by atoms with Crippen LogP contribution in [0.1, 0.15) is 31.4 Å². The number of likely N-dealkylation sites (tertiary alicyclic amines) is 1. The summed E-state index contributed by atoms with van der Waals surface area (Å²) in [5, 5.41) is 13.4. The van der Waals surface area contributed by atoms with Crippen molar-refractivity contribution in [2.24, 2.45) is 5.92 Å². The molecule has 1 saturated heterocycles. The van der Waals surface area contributed by atoms with E-state index in [0.29, 0.717) is 37.2 Å². The zero-order valence-electron chi connectivity index (χ0n) is 16.4. The molecule has 0 bridgehead atoms. The second-order valence-electron chi connectivity index (χ2n) is 7.44. The number of piperidine rings is 1. The molecule has 5 nitrogen and oxygen atoms in total. The van der Waals surface area contributed by atoms with Crippen molar-refractivity contribution in [3.05, 3.63) is 65.7 Å². The monoisotopic (exact) mass is 404 g/mol. The van der Waals surface area contributed by atoms with E-state index in [2.05, 4.69) is 5.32 Å². The van der Waals surface area contributed by atoms with Gasteiger partial charge in [-0.1, -0.05) is 12.1 Å². The van der Waals surface area contributed by atoms with Gasteiger partial charge in [-0.05, 0) is 67.6 Å². The van der Waals surface area contributed by atoms with Gasteiger partial charge in [0, 0.05) is 13.1 Å². The zero-order valence-corrected chi connectivity index (χ0v) is 16.4. The number of amides is 2. The molecule has 0 spiro atoms. The molecule has 2 unspecified atom stereocenters. The van der Waals surface area contributed by atoms with Gasteiger partial charge in [0.25, 0.3) is 0 Å². The summed E-state index contributed by atoms with van der Waals surface area (Å²) in [7, 11) is 0. The molecule has 1 aliphatic heterocycles. The number of halogens is 2. The average molecular weight is 404 g/mol. The van der Waals surface area contributed by atoms with Gasteiger partial charge in [-0.25, -0.2) is 13.6 Å². The number of nitrogens with one attached hydrogen (secondary N) is 1. The molecule has 2 aromatic rings. The molecule has 3 rings (SSSR count). The Balaban J connectivity index is 1.42. The molecule has 1 heterocycles. The minimum absolute atomic E-state index is 0.0312. The Kier molecular flexibility index (Phi) is 7.04. The highest BCUT2D eigenvalue weighted by atomic mass is 19.1. The SMILES string of the molecule is CC(COc1ccc(F)cc1)NC(=O)N1CCC(C(O)c2ccc(F)cc2)CC1. The molecular formula is C22H26F2N2O3. The van der Waals surface area contributed by atoms with Crippen LogP contribution < -0.4 is 10.1 Å². The first-order chi connectivity index (χ1) is 13.9. The van der Waals surface area contributed by atoms with Gasteiger partial charge in [0.15, 0.2) is 0 Å². The Labute approximate surface area is 169 Å². The van der Waals surface area contributed by atoms with Crippen molar-refractivity contribution in [2.45, 2.75) is 31.9 Å². The minimum atomic E-state index is -0.663. The molecule has 0 radical (unpaired) electrons. The molecule has 156 valence electrons. The molecule has 2 amide bonds. The number of hydrogen-bond acceptors (Lipinski definition) is 3. The van der Waals surface area contributed by atoms with Crippen LogP contribution in [0.4, 0.5) is 13.6 Å². The van der Waals surface area contributed by atoms with E-state index in [9.17, 15) is 18.7 Å². The topological polar surface area (TPSA) is 61.8 Å². The molecule has 2 N–H and O–H groups in total. The van der Waals surface area contributed by atoms with Crippen molar-refractivity contribution in [3.8, 4) is 5.75 Å². The van der Waals surface area contributed by atoms with Gasteiger partial charge < -0.3 is 20.1 Å². The number of hydrogen-bond donors (Lipinski definition) is 2. The van der Waals surface area contributed by atoms with Crippen molar-refractivity contribution in [1.29, 1.82) is 0 Å². The third-order valence-electron chi connectivity index (χ3n) is 5.17. The summed E-state index contributed by atoms with van der Waals surface area (Å²) < 4.78 is 31.5. The van der Waals surface area contributed by atoms with Gasteiger partial charge in [0.2, 0.25) is 0 Å². The van der Waals surface area contributed by atoms with E-state index in [-0.39, 0.29) is 36.2 Å². The van der Waals surface area contributed by atoms with Crippen molar-refractivity contribution in [1.82, 2.24) is 10.2 Å². The average Bonchev–Trinajstić information content (AvgIpc) is 2.73. The van der Waals surface area contributed by atoms with Gasteiger partial charge >= 0.3 is 6.03 Å². The summed E-state index contributed by atoms with van der Waals surface area (Å²) in [4.78, 5) is 14.2. The fourth-order valence-corrected chi connectivity index (χ4v) is 3.45. The predicted molar refractivity (Wildman–Crippen MR) is 106 cm³/mol. The number of aliphatic hydroxyl groups excluding tert-OH is 1. The lowest BCUT2D eigenvalue weighted by molar-refractivity contribution is 0.0659. The molecule has 1 aliphatic rings. The molecule has 2 atom stereocenters. The fraction of sp³-hybridized carbons (Fsp3) is 0.409. The first kappa shape index (κ1) is 21.0. The van der Waals surface area contributed by atoms with Gasteiger partial charge in [0.1, 0.15) is 24.0 Å². The van der Waals surface area contributed by atoms with E-state index < -0.39 is 6.10 Å². The van der Waals surface area contributed by atoms with Crippen LogP contribution in [0.5, 0.6) is 5.75 Å². The largest absolute Gasteiger partial charge is 0.491 e. The predicted octanol–water partition coefficient (Wildman–Crippen LogP) is 3.89. The van der Waals surface area contributed by atoms with E-state index in [1.54, 1.807) is 29.2 Å². The summed E-state index contributed by atoms with van der Waals surface area (Å²) in [6.07, 6.45) is 0.683. The van der Waals surface area contributed by atoms with E-state index in [1.165, 1.54) is 24.3 Å². The van der Waals surface area contributed by atoms with E-state index in [1.807, 2.05) is 6.92 Å². The lowest BCUT2D eigenvalue weighted by Crippen LogP contribution is -2.49. The van der Waals surface area contributed by atoms with Crippen LogP contribution in [0.15, 0.2) is 48.5 Å². The fourth-order valence-electron chi connectivity index (χ4n) is 3.45. The number of urea groups is 1. The Morgan fingerprint density at radius 3 is 2.24 bits per heavy atom. The van der Waals surface area contributed by atoms with Gasteiger partial charge in [-0.15, -0.1) is 0 Å². The summed E-state index contributed by atoms with van der Waals surface area (Å²) in [6, 6.07) is 11.2. The Bertz CT molecular complexity index is 791. The summed E-state index contributed by atoms with van der Waals surface area (Å²) >= 11 is 0. The number of benzene rings is 2. The lowest BCUT2D eigenvalue weighted by atomic mass is 9.87. The van der Waals surface area contributed by atoms with Crippen LogP contribution in [0.3, 0.4) is 0 Å². The van der Waals surface area contributed by atoms with Crippen LogP contribution in [-0.2, 0) is 0 Å². The summed E-state index contributed by atoms with van der Waals surface area (Å²) in [5.74, 6) is -0.0801. The number of ether oxygens (including phenoxy) is 1. The number of nitrogens with zero attached hydrogens (tertiary/aromatic N) is 1. The lowest BCUT2D eigenvalue weighted by Gasteiger charge is -2.35. The first-order valence-corrected chi connectivity index (χ1v) is 9.79. The molecule has 0 saturated carbocycles. The molecular weight excluding hydrogens is 378 g/mol. The zero-order chi connectivity index (χ0) is 20.8. The second kappa shape index (κ2) is 9.69. The van der Waals surface area contributed by atoms with Crippen LogP contribution in [0.25, 0.3) is 0 Å². The third-order valence-corrected chi connectivity index (χ3v) is 5.17. The maximum Gasteiger partial charge on any atom is 0.317 e. The van der Waals surface area contributed by atoms with Crippen molar-refractivity contribution in [2.75, 3.05) is 19.7 Å². The first-order valence-electron chi connectivity index (χ1n) is 9.79. The van der Waals surface area contributed by atoms with Crippen molar-refractivity contribution in [3.63, 3.8) is 0 Å². The number of carbonyl (C=O) groups is 1. The Morgan fingerprint density at radius 1 is 1.10 bits per heavy atom. The molecule has 29 heavy (non-hydrogen) atoms. The van der Waals surface area contributed by atoms with Gasteiger partial charge in [-0.3, -0.25) is 0 Å². The standard InChI is InChI=1S/C22H26F2N2O3/c1-15(14-29-20-8-6-19(24)7-9-20)25-22(28)26-12-10-17(11-13-26)21(27)16-2-4-18(23)5-3-16/h2-9,15,17,21,27H,10-14H2,1H3,(H,25,28). The number of rotatable bonds is 6. The highest BCUT2D eigenvalue weighted by Crippen LogP contribution is 2.30. The Morgan fingerprint density at radius 2 is 1.66 bits per heavy atom. The van der Waals surface area contributed by atoms with Gasteiger partial charge in [-0.2, -0.15) is 0 Å². The van der Waals surface area contributed by atoms with Crippen LogP contribution in [0.2, 0.25) is 0 Å². The molecule has 1 fully saturated rings. The minimum Gasteiger partial charge on any atom is -0.491 e. The van der Waals surface area contributed by atoms with Crippen LogP contribution in [0, 0.1) is 17.6 Å². The number of aliphatic hydroxyl groups is 1. The normalized spacial score (nSPS) is 16.9. The van der Waals surface area contributed by atoms with Crippen molar-refractivity contribution >= 4 is 6.03 Å². The van der Waals surface area contributed by atoms with Crippen molar-refractivity contribution < 1.29 is 23.4 Å². The Hall–Kier alpha value is -2.67. The smallest absolute Gasteiger partial charge is 0.317 e. The highest BCUT2D eigenvalue weighted by Gasteiger charge is 2.28. The van der Waals surface area contributed by atoms with E-state index in [0.717, 1.165) is 0 Å². The summed E-state index contributed by atoms with van der Waals surface area (Å²) in [5.41, 5.74) is 0.695. The maximum atomic E-state index is 13.0. The second-order valence-corrected chi connectivity index (χ2v) is 7.44. The molecule has 7 heteroatoms. The molecule has 0 aliphatic carbocycles. The quantitative estimate of drug-likeness (QED) is 0.768. The van der Waals surface area contributed by atoms with Crippen LogP contribution >= 0.6 is 0 Å². The third kappa shape index (κ3) is 5.90. The van der Waals surface area contributed by atoms with Gasteiger partial charge in [0.05, 0.1) is 12.1 Å². The number of carbonyl (C=O) groups excluding carboxylic acids is 1. The maximum absolute atomic E-state index is 13.0. The van der Waals surface area contributed by atoms with E-state index in [4.69, 9.17) is 4.74 Å².